The van der Waals surface area contributed by atoms with Gasteiger partial charge < -0.3 is 15.5 Å². The third kappa shape index (κ3) is 3.40. The number of hydrogen-bond acceptors (Lipinski definition) is 4. The van der Waals surface area contributed by atoms with Crippen LogP contribution in [0.15, 0.2) is 23.9 Å². The molecule has 0 bridgehead atoms. The minimum absolute atomic E-state index is 0.128. The van der Waals surface area contributed by atoms with E-state index >= 15 is 0 Å². The topological polar surface area (TPSA) is 62.2 Å². The van der Waals surface area contributed by atoms with E-state index in [-0.39, 0.29) is 5.56 Å². The first kappa shape index (κ1) is 14.9. The monoisotopic (exact) mass is 264 g/mol. The molecule has 1 aromatic carbocycles. The molecule has 0 aromatic heterocycles. The van der Waals surface area contributed by atoms with Gasteiger partial charge in [-0.2, -0.15) is 0 Å². The predicted octanol–water partition coefficient (Wildman–Crippen LogP) is 2.60. The second kappa shape index (κ2) is 6.68. The van der Waals surface area contributed by atoms with Crippen LogP contribution in [0.3, 0.4) is 0 Å². The van der Waals surface area contributed by atoms with Gasteiger partial charge in [0.1, 0.15) is 5.82 Å². The number of rotatable bonds is 5. The molecule has 102 valence electrons. The number of allylic oxidation sites excluding steroid dienone is 2. The van der Waals surface area contributed by atoms with Crippen molar-refractivity contribution in [1.29, 1.82) is 5.41 Å². The Hall–Kier alpha value is -2.17. The van der Waals surface area contributed by atoms with Crippen molar-refractivity contribution in [3.8, 4) is 0 Å². The van der Waals surface area contributed by atoms with Crippen molar-refractivity contribution in [2.45, 2.75) is 13.3 Å². The number of esters is 1. The Morgan fingerprint density at radius 3 is 2.53 bits per heavy atom. The zero-order valence-electron chi connectivity index (χ0n) is 11.2. The highest BCUT2D eigenvalue weighted by molar-refractivity contribution is 6.10. The van der Waals surface area contributed by atoms with E-state index in [1.54, 1.807) is 7.05 Å². The highest BCUT2D eigenvalue weighted by Crippen LogP contribution is 2.20. The Morgan fingerprint density at radius 1 is 1.42 bits per heavy atom. The van der Waals surface area contributed by atoms with Gasteiger partial charge in [-0.1, -0.05) is 6.92 Å². The summed E-state index contributed by atoms with van der Waals surface area (Å²) in [6.07, 6.45) is 1.82. The van der Waals surface area contributed by atoms with Gasteiger partial charge in [-0.15, -0.1) is 0 Å². The van der Waals surface area contributed by atoms with Gasteiger partial charge >= 0.3 is 5.97 Å². The molecule has 0 aliphatic rings. The minimum Gasteiger partial charge on any atom is -0.465 e. The molecule has 0 fully saturated rings. The van der Waals surface area contributed by atoms with Crippen molar-refractivity contribution < 1.29 is 13.9 Å². The first-order valence-electron chi connectivity index (χ1n) is 5.88. The van der Waals surface area contributed by atoms with E-state index in [9.17, 15) is 9.18 Å². The van der Waals surface area contributed by atoms with Crippen LogP contribution in [-0.4, -0.2) is 26.3 Å². The molecule has 0 aliphatic heterocycles. The summed E-state index contributed by atoms with van der Waals surface area (Å²) in [5.41, 5.74) is 1.95. The third-order valence-corrected chi connectivity index (χ3v) is 2.75. The highest BCUT2D eigenvalue weighted by atomic mass is 19.1. The maximum absolute atomic E-state index is 13.6. The summed E-state index contributed by atoms with van der Waals surface area (Å²) in [7, 11) is 2.98. The molecule has 0 radical (unpaired) electrons. The van der Waals surface area contributed by atoms with E-state index in [2.05, 4.69) is 10.1 Å². The van der Waals surface area contributed by atoms with Crippen LogP contribution in [0.4, 0.5) is 4.39 Å². The first-order valence-corrected chi connectivity index (χ1v) is 5.88. The van der Waals surface area contributed by atoms with E-state index in [1.165, 1.54) is 19.2 Å². The molecule has 1 aromatic rings. The summed E-state index contributed by atoms with van der Waals surface area (Å²) >= 11 is 0. The lowest BCUT2D eigenvalue weighted by molar-refractivity contribution is 0.0600. The maximum Gasteiger partial charge on any atom is 0.337 e. The van der Waals surface area contributed by atoms with E-state index in [0.717, 1.165) is 18.0 Å². The average molecular weight is 264 g/mol. The first-order chi connectivity index (χ1) is 9.07. The van der Waals surface area contributed by atoms with Crippen LogP contribution in [-0.2, 0) is 4.74 Å². The SMILES string of the molecule is CC/C(NC)=C(/C=N)c1cc(F)cc(C(=O)OC)c1. The summed E-state index contributed by atoms with van der Waals surface area (Å²) in [6.45, 7) is 1.93. The molecular formula is C14H17FN2O2. The molecular weight excluding hydrogens is 247 g/mol. The fourth-order valence-corrected chi connectivity index (χ4v) is 1.83. The summed E-state index contributed by atoms with van der Waals surface area (Å²) in [4.78, 5) is 11.5. The number of benzene rings is 1. The molecule has 5 heteroatoms. The van der Waals surface area contributed by atoms with Crippen LogP contribution in [0.2, 0.25) is 0 Å². The quantitative estimate of drug-likeness (QED) is 0.634. The van der Waals surface area contributed by atoms with Gasteiger partial charge in [-0.3, -0.25) is 0 Å². The summed E-state index contributed by atoms with van der Waals surface area (Å²) in [5.74, 6) is -1.14. The summed E-state index contributed by atoms with van der Waals surface area (Å²) < 4.78 is 18.1. The lowest BCUT2D eigenvalue weighted by Gasteiger charge is -2.11. The number of carbonyl (C=O) groups excluding carboxylic acids is 1. The molecule has 2 N–H and O–H groups in total. The Balaban J connectivity index is 3.41. The molecule has 1 rings (SSSR count). The van der Waals surface area contributed by atoms with Crippen molar-refractivity contribution in [3.05, 3.63) is 40.8 Å². The molecule has 0 heterocycles. The molecule has 4 nitrogen and oxygen atoms in total. The van der Waals surface area contributed by atoms with Crippen LogP contribution < -0.4 is 5.32 Å². The minimum atomic E-state index is -0.604. The molecule has 0 saturated heterocycles. The summed E-state index contributed by atoms with van der Waals surface area (Å²) in [5, 5.41) is 10.4. The van der Waals surface area contributed by atoms with Crippen LogP contribution >= 0.6 is 0 Å². The fourth-order valence-electron chi connectivity index (χ4n) is 1.83. The zero-order chi connectivity index (χ0) is 14.4. The van der Waals surface area contributed by atoms with E-state index in [1.807, 2.05) is 6.92 Å². The Bertz CT molecular complexity index is 518. The molecule has 0 unspecified atom stereocenters. The van der Waals surface area contributed by atoms with E-state index < -0.39 is 11.8 Å². The van der Waals surface area contributed by atoms with Crippen molar-refractivity contribution in [2.24, 2.45) is 0 Å². The van der Waals surface area contributed by atoms with Crippen molar-refractivity contribution in [3.63, 3.8) is 0 Å². The number of halogens is 1. The molecule has 0 atom stereocenters. The molecule has 0 amide bonds. The van der Waals surface area contributed by atoms with Crippen LogP contribution in [0.25, 0.3) is 5.57 Å². The molecule has 0 aliphatic carbocycles. The molecule has 0 spiro atoms. The van der Waals surface area contributed by atoms with Crippen LogP contribution in [0.1, 0.15) is 29.3 Å². The number of ether oxygens (including phenoxy) is 1. The van der Waals surface area contributed by atoms with Gasteiger partial charge in [0.2, 0.25) is 0 Å². The number of carbonyl (C=O) groups is 1. The van der Waals surface area contributed by atoms with E-state index in [4.69, 9.17) is 5.41 Å². The highest BCUT2D eigenvalue weighted by Gasteiger charge is 2.12. The van der Waals surface area contributed by atoms with E-state index in [0.29, 0.717) is 17.6 Å². The second-order valence-corrected chi connectivity index (χ2v) is 3.86. The Labute approximate surface area is 111 Å². The van der Waals surface area contributed by atoms with Crippen LogP contribution in [0.5, 0.6) is 0 Å². The second-order valence-electron chi connectivity index (χ2n) is 3.86. The lowest BCUT2D eigenvalue weighted by atomic mass is 10.0. The van der Waals surface area contributed by atoms with Gasteiger partial charge in [0.05, 0.1) is 12.7 Å². The number of nitrogens with one attached hydrogen (secondary N) is 2. The lowest BCUT2D eigenvalue weighted by Crippen LogP contribution is -2.10. The van der Waals surface area contributed by atoms with Gasteiger partial charge in [0, 0.05) is 24.5 Å². The Kier molecular flexibility index (Phi) is 5.23. The molecule has 19 heavy (non-hydrogen) atoms. The van der Waals surface area contributed by atoms with Gasteiger partial charge in [0.25, 0.3) is 0 Å². The third-order valence-electron chi connectivity index (χ3n) is 2.75. The normalized spacial score (nSPS) is 11.6. The molecule has 0 saturated carbocycles. The van der Waals surface area contributed by atoms with Gasteiger partial charge in [-0.05, 0) is 30.2 Å². The fraction of sp³-hybridized carbons (Fsp3) is 0.286. The standard InChI is InChI=1S/C14H17FN2O2/c1-4-13(17-2)12(8-16)9-5-10(14(18)19-3)7-11(15)6-9/h5-8,16-17H,4H2,1-3H3/b13-12+,16-8?. The van der Waals surface area contributed by atoms with Crippen molar-refractivity contribution >= 4 is 17.8 Å². The van der Waals surface area contributed by atoms with Gasteiger partial charge in [-0.25, -0.2) is 9.18 Å². The summed E-state index contributed by atoms with van der Waals surface area (Å²) in [6, 6.07) is 3.92. The zero-order valence-corrected chi connectivity index (χ0v) is 11.2. The Morgan fingerprint density at radius 2 is 2.05 bits per heavy atom. The largest absolute Gasteiger partial charge is 0.465 e. The smallest absolute Gasteiger partial charge is 0.337 e. The van der Waals surface area contributed by atoms with Crippen molar-refractivity contribution in [1.82, 2.24) is 5.32 Å². The van der Waals surface area contributed by atoms with Crippen molar-refractivity contribution in [2.75, 3.05) is 14.2 Å². The number of hydrogen-bond donors (Lipinski definition) is 2. The average Bonchev–Trinajstić information content (AvgIpc) is 2.42. The van der Waals surface area contributed by atoms with Crippen LogP contribution in [0, 0.1) is 11.2 Å². The number of methoxy groups -OCH3 is 1. The predicted molar refractivity (Wildman–Crippen MR) is 72.8 cm³/mol. The maximum atomic E-state index is 13.6. The van der Waals surface area contributed by atoms with Gasteiger partial charge in [0.15, 0.2) is 0 Å².